The van der Waals surface area contributed by atoms with Crippen LogP contribution in [0.5, 0.6) is 0 Å². The van der Waals surface area contributed by atoms with Crippen LogP contribution < -0.4 is 0 Å². The summed E-state index contributed by atoms with van der Waals surface area (Å²) in [6.07, 6.45) is 4.31. The molecule has 0 nitrogen and oxygen atoms in total. The Labute approximate surface area is 74.9 Å². The Morgan fingerprint density at radius 3 is 2.75 bits per heavy atom. The van der Waals surface area contributed by atoms with Gasteiger partial charge in [-0.05, 0) is 30.0 Å². The molecule has 0 fully saturated rings. The lowest BCUT2D eigenvalue weighted by molar-refractivity contribution is 0.912. The fraction of sp³-hybridized carbons (Fsp3) is 0.333. The smallest absolute Gasteiger partial charge is 0.0230 e. The van der Waals surface area contributed by atoms with Crippen molar-refractivity contribution in [3.05, 3.63) is 41.5 Å². The van der Waals surface area contributed by atoms with Crippen molar-refractivity contribution in [1.29, 1.82) is 0 Å². The second-order valence-corrected chi connectivity index (χ2v) is 3.09. The van der Waals surface area contributed by atoms with Gasteiger partial charge < -0.3 is 0 Å². The summed E-state index contributed by atoms with van der Waals surface area (Å²) in [5, 5.41) is 0. The Hall–Kier alpha value is -1.04. The molecular formula is C12H16. The van der Waals surface area contributed by atoms with Crippen LogP contribution in [0.2, 0.25) is 0 Å². The van der Waals surface area contributed by atoms with Crippen molar-refractivity contribution in [2.24, 2.45) is 0 Å². The van der Waals surface area contributed by atoms with E-state index in [0.717, 1.165) is 0 Å². The van der Waals surface area contributed by atoms with Crippen molar-refractivity contribution >= 4 is 6.08 Å². The predicted octanol–water partition coefficient (Wildman–Crippen LogP) is 3.59. The summed E-state index contributed by atoms with van der Waals surface area (Å²) in [6.45, 7) is 8.17. The molecule has 1 aromatic carbocycles. The van der Waals surface area contributed by atoms with E-state index in [-0.39, 0.29) is 0 Å². The summed E-state index contributed by atoms with van der Waals surface area (Å²) in [5.74, 6) is 0. The van der Waals surface area contributed by atoms with E-state index in [1.807, 2.05) is 6.08 Å². The van der Waals surface area contributed by atoms with Gasteiger partial charge in [0.1, 0.15) is 0 Å². The minimum Gasteiger partial charge on any atom is -0.0985 e. The van der Waals surface area contributed by atoms with Crippen molar-refractivity contribution in [1.82, 2.24) is 0 Å². The van der Waals surface area contributed by atoms with E-state index in [4.69, 9.17) is 0 Å². The van der Waals surface area contributed by atoms with E-state index in [1.165, 1.54) is 29.5 Å². The molecule has 0 saturated heterocycles. The first-order chi connectivity index (χ1) is 5.79. The topological polar surface area (TPSA) is 0 Å². The largest absolute Gasteiger partial charge is 0.0985 e. The molecule has 0 heterocycles. The first kappa shape index (κ1) is 9.05. The maximum Gasteiger partial charge on any atom is -0.0230 e. The van der Waals surface area contributed by atoms with E-state index in [2.05, 4.69) is 38.6 Å². The Balaban J connectivity index is 3.04. The molecule has 0 N–H and O–H groups in total. The summed E-state index contributed by atoms with van der Waals surface area (Å²) in [5.41, 5.74) is 4.10. The molecule has 64 valence electrons. The van der Waals surface area contributed by atoms with Crippen LogP contribution in [-0.4, -0.2) is 0 Å². The summed E-state index contributed by atoms with van der Waals surface area (Å²) < 4.78 is 0. The normalized spacial score (nSPS) is 9.83. The molecule has 0 amide bonds. The molecule has 0 aliphatic carbocycles. The third kappa shape index (κ3) is 1.76. The number of rotatable bonds is 3. The van der Waals surface area contributed by atoms with Gasteiger partial charge >= 0.3 is 0 Å². The molecule has 12 heavy (non-hydrogen) atoms. The van der Waals surface area contributed by atoms with Crippen LogP contribution in [0.4, 0.5) is 0 Å². The quantitative estimate of drug-likeness (QED) is 0.634. The zero-order valence-corrected chi connectivity index (χ0v) is 7.93. The lowest BCUT2D eigenvalue weighted by Gasteiger charge is -2.06. The molecule has 0 spiro atoms. The molecule has 0 aliphatic rings. The van der Waals surface area contributed by atoms with Crippen molar-refractivity contribution in [3.8, 4) is 0 Å². The predicted molar refractivity (Wildman–Crippen MR) is 55.3 cm³/mol. The van der Waals surface area contributed by atoms with Gasteiger partial charge in [0.25, 0.3) is 0 Å². The summed E-state index contributed by atoms with van der Waals surface area (Å²) in [4.78, 5) is 0. The van der Waals surface area contributed by atoms with Gasteiger partial charge in [0, 0.05) is 0 Å². The highest BCUT2D eigenvalue weighted by atomic mass is 14.0. The van der Waals surface area contributed by atoms with Gasteiger partial charge in [0.15, 0.2) is 0 Å². The Bertz CT molecular complexity index is 271. The molecule has 0 aromatic heterocycles. The molecule has 0 bridgehead atoms. The standard InChI is InChI=1S/C12H16/c1-4-7-12-9-6-8-11(5-2)10(12)3/h5-6,8-9H,2,4,7H2,1,3H3. The number of hydrogen-bond acceptors (Lipinski definition) is 0. The number of hydrogen-bond donors (Lipinski definition) is 0. The minimum atomic E-state index is 1.17. The molecule has 0 heteroatoms. The molecule has 0 aliphatic heterocycles. The fourth-order valence-electron chi connectivity index (χ4n) is 1.46. The van der Waals surface area contributed by atoms with Crippen molar-refractivity contribution < 1.29 is 0 Å². The van der Waals surface area contributed by atoms with Gasteiger partial charge in [0.05, 0.1) is 0 Å². The summed E-state index contributed by atoms with van der Waals surface area (Å²) >= 11 is 0. The van der Waals surface area contributed by atoms with Crippen LogP contribution in [0.15, 0.2) is 24.8 Å². The summed E-state index contributed by atoms with van der Waals surface area (Å²) in [6, 6.07) is 6.42. The van der Waals surface area contributed by atoms with Gasteiger partial charge in [-0.2, -0.15) is 0 Å². The van der Waals surface area contributed by atoms with E-state index in [0.29, 0.717) is 0 Å². The Kier molecular flexibility index (Phi) is 3.09. The maximum absolute atomic E-state index is 3.79. The van der Waals surface area contributed by atoms with E-state index >= 15 is 0 Å². The second-order valence-electron chi connectivity index (χ2n) is 3.09. The Morgan fingerprint density at radius 2 is 2.17 bits per heavy atom. The number of benzene rings is 1. The first-order valence-electron chi connectivity index (χ1n) is 4.50. The van der Waals surface area contributed by atoms with E-state index in [1.54, 1.807) is 0 Å². The molecule has 0 unspecified atom stereocenters. The average molecular weight is 160 g/mol. The van der Waals surface area contributed by atoms with Gasteiger partial charge in [-0.1, -0.05) is 44.2 Å². The van der Waals surface area contributed by atoms with Gasteiger partial charge in [-0.3, -0.25) is 0 Å². The van der Waals surface area contributed by atoms with E-state index < -0.39 is 0 Å². The van der Waals surface area contributed by atoms with Crippen molar-refractivity contribution in [2.45, 2.75) is 26.7 Å². The van der Waals surface area contributed by atoms with Crippen LogP contribution in [0.25, 0.3) is 6.08 Å². The van der Waals surface area contributed by atoms with Crippen LogP contribution in [-0.2, 0) is 6.42 Å². The highest BCUT2D eigenvalue weighted by Gasteiger charge is 1.98. The molecule has 1 aromatic rings. The number of aryl methyl sites for hydroxylation is 1. The van der Waals surface area contributed by atoms with Gasteiger partial charge in [-0.15, -0.1) is 0 Å². The fourth-order valence-corrected chi connectivity index (χ4v) is 1.46. The van der Waals surface area contributed by atoms with Crippen LogP contribution in [0.3, 0.4) is 0 Å². The third-order valence-electron chi connectivity index (χ3n) is 2.23. The lowest BCUT2D eigenvalue weighted by atomic mass is 9.99. The first-order valence-corrected chi connectivity index (χ1v) is 4.50. The highest BCUT2D eigenvalue weighted by molar-refractivity contribution is 5.53. The SMILES string of the molecule is C=Cc1cccc(CCC)c1C. The zero-order valence-electron chi connectivity index (χ0n) is 7.93. The van der Waals surface area contributed by atoms with Gasteiger partial charge in [0.2, 0.25) is 0 Å². The highest BCUT2D eigenvalue weighted by Crippen LogP contribution is 2.15. The lowest BCUT2D eigenvalue weighted by Crippen LogP contribution is -1.90. The van der Waals surface area contributed by atoms with Crippen LogP contribution in [0.1, 0.15) is 30.0 Å². The van der Waals surface area contributed by atoms with E-state index in [9.17, 15) is 0 Å². The van der Waals surface area contributed by atoms with Crippen molar-refractivity contribution in [2.75, 3.05) is 0 Å². The molecule has 0 saturated carbocycles. The average Bonchev–Trinajstić information content (AvgIpc) is 2.09. The summed E-state index contributed by atoms with van der Waals surface area (Å²) in [7, 11) is 0. The van der Waals surface area contributed by atoms with Crippen LogP contribution in [0, 0.1) is 6.92 Å². The van der Waals surface area contributed by atoms with Crippen LogP contribution >= 0.6 is 0 Å². The molecular weight excluding hydrogens is 144 g/mol. The molecule has 0 atom stereocenters. The molecule has 1 rings (SSSR count). The maximum atomic E-state index is 3.79. The monoisotopic (exact) mass is 160 g/mol. The Morgan fingerprint density at radius 1 is 1.42 bits per heavy atom. The third-order valence-corrected chi connectivity index (χ3v) is 2.23. The van der Waals surface area contributed by atoms with Crippen molar-refractivity contribution in [3.63, 3.8) is 0 Å². The molecule has 0 radical (unpaired) electrons. The second kappa shape index (κ2) is 4.10. The minimum absolute atomic E-state index is 1.17. The van der Waals surface area contributed by atoms with Gasteiger partial charge in [-0.25, -0.2) is 0 Å². The zero-order chi connectivity index (χ0) is 8.97.